The monoisotopic (exact) mass is 452 g/mol. The van der Waals surface area contributed by atoms with Crippen LogP contribution in [-0.4, -0.2) is 14.3 Å². The molecular weight excluding hydrogens is 439 g/mol. The van der Waals surface area contributed by atoms with E-state index in [4.69, 9.17) is 23.2 Å². The molecule has 0 saturated carbocycles. The van der Waals surface area contributed by atoms with E-state index in [9.17, 15) is 13.2 Å². The number of halogens is 2. The van der Waals surface area contributed by atoms with Crippen LogP contribution < -0.4 is 10.0 Å². The zero-order valence-electron chi connectivity index (χ0n) is 14.2. The molecule has 9 heteroatoms. The van der Waals surface area contributed by atoms with Crippen LogP contribution in [0.5, 0.6) is 0 Å². The van der Waals surface area contributed by atoms with Gasteiger partial charge in [-0.3, -0.25) is 9.52 Å². The van der Waals surface area contributed by atoms with E-state index in [-0.39, 0.29) is 16.1 Å². The van der Waals surface area contributed by atoms with Gasteiger partial charge in [0.1, 0.15) is 0 Å². The van der Waals surface area contributed by atoms with Crippen molar-refractivity contribution < 1.29 is 13.2 Å². The SMILES string of the molecule is O=C(Nc1ccc(S)cc1)c1cc(Cl)ccc1NS(=O)(=O)c1ccc(Cl)cc1. The quantitative estimate of drug-likeness (QED) is 0.457. The van der Waals surface area contributed by atoms with Crippen molar-refractivity contribution in [2.45, 2.75) is 9.79 Å². The minimum atomic E-state index is -3.92. The van der Waals surface area contributed by atoms with E-state index in [1.54, 1.807) is 24.3 Å². The lowest BCUT2D eigenvalue weighted by molar-refractivity contribution is 0.102. The first-order valence-electron chi connectivity index (χ1n) is 7.93. The molecule has 0 spiro atoms. The van der Waals surface area contributed by atoms with Gasteiger partial charge in [-0.05, 0) is 66.7 Å². The zero-order chi connectivity index (χ0) is 20.3. The predicted octanol–water partition coefficient (Wildman–Crippen LogP) is 5.34. The Hall–Kier alpha value is -2.19. The van der Waals surface area contributed by atoms with Crippen molar-refractivity contribution in [3.05, 3.63) is 82.3 Å². The van der Waals surface area contributed by atoms with Crippen molar-refractivity contribution in [1.29, 1.82) is 0 Å². The Morgan fingerprint density at radius 1 is 0.857 bits per heavy atom. The highest BCUT2D eigenvalue weighted by Gasteiger charge is 2.19. The lowest BCUT2D eigenvalue weighted by Gasteiger charge is -2.13. The third kappa shape index (κ3) is 4.99. The van der Waals surface area contributed by atoms with Crippen LogP contribution in [0.4, 0.5) is 11.4 Å². The summed E-state index contributed by atoms with van der Waals surface area (Å²) in [5, 5.41) is 3.41. The summed E-state index contributed by atoms with van der Waals surface area (Å²) in [6.07, 6.45) is 0. The van der Waals surface area contributed by atoms with Crippen molar-refractivity contribution >= 4 is 63.1 Å². The molecule has 0 heterocycles. The molecule has 0 aliphatic carbocycles. The molecule has 0 aromatic heterocycles. The molecule has 0 unspecified atom stereocenters. The van der Waals surface area contributed by atoms with Crippen LogP contribution in [-0.2, 0) is 10.0 Å². The molecule has 3 aromatic rings. The molecule has 0 aliphatic heterocycles. The number of amides is 1. The molecule has 0 bridgehead atoms. The Morgan fingerprint density at radius 2 is 1.46 bits per heavy atom. The Morgan fingerprint density at radius 3 is 2.11 bits per heavy atom. The lowest BCUT2D eigenvalue weighted by Crippen LogP contribution is -2.18. The molecule has 0 atom stereocenters. The fourth-order valence-corrected chi connectivity index (χ4v) is 3.88. The van der Waals surface area contributed by atoms with Crippen LogP contribution >= 0.6 is 35.8 Å². The van der Waals surface area contributed by atoms with E-state index in [0.29, 0.717) is 15.7 Å². The molecular formula is C19H14Cl2N2O3S2. The maximum atomic E-state index is 12.7. The highest BCUT2D eigenvalue weighted by molar-refractivity contribution is 7.92. The number of benzene rings is 3. The van der Waals surface area contributed by atoms with E-state index in [1.165, 1.54) is 42.5 Å². The van der Waals surface area contributed by atoms with Crippen LogP contribution in [0.25, 0.3) is 0 Å². The van der Waals surface area contributed by atoms with E-state index < -0.39 is 15.9 Å². The summed E-state index contributed by atoms with van der Waals surface area (Å²) in [7, 11) is -3.92. The maximum Gasteiger partial charge on any atom is 0.261 e. The fraction of sp³-hybridized carbons (Fsp3) is 0. The molecule has 3 rings (SSSR count). The van der Waals surface area contributed by atoms with Gasteiger partial charge >= 0.3 is 0 Å². The van der Waals surface area contributed by atoms with Gasteiger partial charge in [0.2, 0.25) is 0 Å². The van der Waals surface area contributed by atoms with Crippen LogP contribution in [0.1, 0.15) is 10.4 Å². The number of thiol groups is 1. The molecule has 0 aliphatic rings. The molecule has 28 heavy (non-hydrogen) atoms. The topological polar surface area (TPSA) is 75.3 Å². The number of hydrogen-bond donors (Lipinski definition) is 3. The first-order valence-corrected chi connectivity index (χ1v) is 10.6. The minimum absolute atomic E-state index is 0.0163. The number of carbonyl (C=O) groups is 1. The highest BCUT2D eigenvalue weighted by atomic mass is 35.5. The predicted molar refractivity (Wildman–Crippen MR) is 115 cm³/mol. The number of anilines is 2. The number of nitrogens with one attached hydrogen (secondary N) is 2. The van der Waals surface area contributed by atoms with Gasteiger partial charge in [-0.25, -0.2) is 8.42 Å². The van der Waals surface area contributed by atoms with Crippen LogP contribution in [0.3, 0.4) is 0 Å². The largest absolute Gasteiger partial charge is 0.322 e. The van der Waals surface area contributed by atoms with Gasteiger partial charge in [0, 0.05) is 20.6 Å². The van der Waals surface area contributed by atoms with Crippen molar-refractivity contribution in [3.63, 3.8) is 0 Å². The van der Waals surface area contributed by atoms with Crippen molar-refractivity contribution in [3.8, 4) is 0 Å². The summed E-state index contributed by atoms with van der Waals surface area (Å²) >= 11 is 16.0. The molecule has 5 nitrogen and oxygen atoms in total. The molecule has 0 saturated heterocycles. The standard InChI is InChI=1S/C19H14Cl2N2O3S2/c20-12-1-8-16(9-2-12)28(25,26)23-18-10-3-13(21)11-17(18)19(24)22-14-4-6-15(27)7-5-14/h1-11,23,27H,(H,22,24). The normalized spacial score (nSPS) is 11.1. The van der Waals surface area contributed by atoms with E-state index in [0.717, 1.165) is 4.90 Å². The van der Waals surface area contributed by atoms with E-state index in [1.807, 2.05) is 0 Å². The summed E-state index contributed by atoms with van der Waals surface area (Å²) in [6, 6.07) is 16.8. The summed E-state index contributed by atoms with van der Waals surface area (Å²) in [4.78, 5) is 13.5. The molecule has 3 aromatic carbocycles. The summed E-state index contributed by atoms with van der Waals surface area (Å²) in [5.74, 6) is -0.511. The summed E-state index contributed by atoms with van der Waals surface area (Å²) in [5.41, 5.74) is 0.719. The Kier molecular flexibility index (Phi) is 6.20. The van der Waals surface area contributed by atoms with Gasteiger partial charge in [-0.2, -0.15) is 0 Å². The second-order valence-electron chi connectivity index (χ2n) is 5.75. The Balaban J connectivity index is 1.91. The van der Waals surface area contributed by atoms with Crippen LogP contribution in [0.2, 0.25) is 10.0 Å². The number of carbonyl (C=O) groups excluding carboxylic acids is 1. The molecule has 0 radical (unpaired) electrons. The number of hydrogen-bond acceptors (Lipinski definition) is 4. The van der Waals surface area contributed by atoms with E-state index in [2.05, 4.69) is 22.7 Å². The van der Waals surface area contributed by atoms with Gasteiger partial charge in [0.05, 0.1) is 16.1 Å². The number of rotatable bonds is 5. The third-order valence-corrected chi connectivity index (χ3v) is 5.89. The van der Waals surface area contributed by atoms with Crippen LogP contribution in [0.15, 0.2) is 76.5 Å². The third-order valence-electron chi connectivity index (χ3n) is 3.72. The van der Waals surface area contributed by atoms with Crippen molar-refractivity contribution in [2.24, 2.45) is 0 Å². The first-order chi connectivity index (χ1) is 13.2. The highest BCUT2D eigenvalue weighted by Crippen LogP contribution is 2.25. The molecule has 0 fully saturated rings. The Bertz CT molecular complexity index is 1120. The van der Waals surface area contributed by atoms with E-state index >= 15 is 0 Å². The maximum absolute atomic E-state index is 12.7. The summed E-state index contributed by atoms with van der Waals surface area (Å²) in [6.45, 7) is 0. The van der Waals surface area contributed by atoms with Gasteiger partial charge in [0.25, 0.3) is 15.9 Å². The van der Waals surface area contributed by atoms with Crippen molar-refractivity contribution in [1.82, 2.24) is 0 Å². The summed E-state index contributed by atoms with van der Waals surface area (Å²) < 4.78 is 27.7. The van der Waals surface area contributed by atoms with Gasteiger partial charge in [0.15, 0.2) is 0 Å². The zero-order valence-corrected chi connectivity index (χ0v) is 17.4. The fourth-order valence-electron chi connectivity index (χ4n) is 2.35. The second kappa shape index (κ2) is 8.45. The minimum Gasteiger partial charge on any atom is -0.322 e. The molecule has 1 amide bonds. The number of sulfonamides is 1. The smallest absolute Gasteiger partial charge is 0.261 e. The van der Waals surface area contributed by atoms with Gasteiger partial charge in [-0.1, -0.05) is 23.2 Å². The van der Waals surface area contributed by atoms with Gasteiger partial charge < -0.3 is 5.32 Å². The average Bonchev–Trinajstić information content (AvgIpc) is 2.65. The first kappa shape index (κ1) is 20.5. The molecule has 2 N–H and O–H groups in total. The average molecular weight is 453 g/mol. The van der Waals surface area contributed by atoms with Gasteiger partial charge in [-0.15, -0.1) is 12.6 Å². The molecule has 144 valence electrons. The van der Waals surface area contributed by atoms with Crippen molar-refractivity contribution in [2.75, 3.05) is 10.0 Å². The Labute approximate surface area is 178 Å². The van der Waals surface area contributed by atoms with Crippen LogP contribution in [0, 0.1) is 0 Å². The second-order valence-corrected chi connectivity index (χ2v) is 8.82. The lowest BCUT2D eigenvalue weighted by atomic mass is 10.1.